The number of imide groups is 1. The lowest BCUT2D eigenvalue weighted by Crippen LogP contribution is -2.44. The predicted molar refractivity (Wildman–Crippen MR) is 221 cm³/mol. The molecule has 1 unspecified atom stereocenters. The van der Waals surface area contributed by atoms with Gasteiger partial charge < -0.3 is 19.9 Å². The van der Waals surface area contributed by atoms with Crippen LogP contribution >= 0.6 is 0 Å². The number of ether oxygens (including phenoxy) is 1. The van der Waals surface area contributed by atoms with Crippen molar-refractivity contribution in [2.45, 2.75) is 101 Å². The summed E-state index contributed by atoms with van der Waals surface area (Å²) in [4.78, 5) is 49.9. The standard InChI is InChI=1S/C43H52F2N12O4/c1-52(27-12-15-54(16-13-27)21-26-4-3-5-31-37(50-53(2)39(26)31)32-10-11-36(58)49-42(32)59)20-25-6-8-28(9-7-25)57-23-34(38(51-57)40(44)45)47-43(60)33-19-46-56-17-14-35(48-41(33)56)55-22-30-18-29(55)24-61-30/h3-5,14,17,19,23,25,27-30,32,40H,6-13,15-16,18,20-22,24H2,1-2H3,(H,47,60)(H,49,58,59)/t25-,28-,29-,30-,32?/m1/s1. The molecule has 61 heavy (non-hydrogen) atoms. The van der Waals surface area contributed by atoms with Crippen molar-refractivity contribution in [1.82, 2.24) is 49.3 Å². The molecule has 5 fully saturated rings. The molecule has 0 radical (unpaired) electrons. The highest BCUT2D eigenvalue weighted by Gasteiger charge is 2.40. The van der Waals surface area contributed by atoms with E-state index < -0.39 is 23.9 Å². The number of carbonyl (C=O) groups excluding carboxylic acids is 3. The first-order valence-corrected chi connectivity index (χ1v) is 21.7. The molecule has 0 spiro atoms. The van der Waals surface area contributed by atoms with Crippen molar-refractivity contribution in [2.24, 2.45) is 13.0 Å². The molecule has 16 nitrogen and oxygen atoms in total. The molecule has 4 aliphatic heterocycles. The number of amides is 3. The van der Waals surface area contributed by atoms with Gasteiger partial charge in [-0.1, -0.05) is 18.2 Å². The van der Waals surface area contributed by atoms with E-state index in [0.29, 0.717) is 37.1 Å². The third kappa shape index (κ3) is 7.66. The Morgan fingerprint density at radius 2 is 1.87 bits per heavy atom. The molecular weight excluding hydrogens is 787 g/mol. The fourth-order valence-electron chi connectivity index (χ4n) is 10.6. The molecule has 10 rings (SSSR count). The second kappa shape index (κ2) is 16.2. The van der Waals surface area contributed by atoms with Gasteiger partial charge >= 0.3 is 0 Å². The number of piperidine rings is 2. The highest BCUT2D eigenvalue weighted by molar-refractivity contribution is 6.08. The van der Waals surface area contributed by atoms with Crippen LogP contribution in [0, 0.1) is 5.92 Å². The van der Waals surface area contributed by atoms with Crippen LogP contribution in [-0.4, -0.2) is 120 Å². The summed E-state index contributed by atoms with van der Waals surface area (Å²) in [7, 11) is 4.15. The summed E-state index contributed by atoms with van der Waals surface area (Å²) >= 11 is 0. The van der Waals surface area contributed by atoms with Gasteiger partial charge in [0.2, 0.25) is 11.8 Å². The third-order valence-corrected chi connectivity index (χ3v) is 13.9. The molecule has 1 saturated carbocycles. The van der Waals surface area contributed by atoms with E-state index in [2.05, 4.69) is 48.6 Å². The Morgan fingerprint density at radius 1 is 1.05 bits per heavy atom. The summed E-state index contributed by atoms with van der Waals surface area (Å²) in [5, 5.41) is 19.5. The van der Waals surface area contributed by atoms with E-state index >= 15 is 0 Å². The number of hydrogen-bond donors (Lipinski definition) is 2. The van der Waals surface area contributed by atoms with Gasteiger partial charge in [0.1, 0.15) is 11.4 Å². The van der Waals surface area contributed by atoms with Crippen molar-refractivity contribution in [3.63, 3.8) is 0 Å². The number of fused-ring (bicyclic) bond motifs is 4. The molecule has 322 valence electrons. The number of hydrogen-bond acceptors (Lipinski definition) is 11. The molecule has 5 aromatic rings. The molecule has 8 heterocycles. The highest BCUT2D eigenvalue weighted by Crippen LogP contribution is 2.37. The Bertz CT molecular complexity index is 2470. The number of benzene rings is 1. The third-order valence-electron chi connectivity index (χ3n) is 13.9. The number of halogens is 2. The topological polar surface area (TPSA) is 160 Å². The van der Waals surface area contributed by atoms with Crippen LogP contribution in [0.15, 0.2) is 42.9 Å². The van der Waals surface area contributed by atoms with Gasteiger partial charge in [-0.05, 0) is 89.1 Å². The number of alkyl halides is 2. The van der Waals surface area contributed by atoms with Crippen LogP contribution in [-0.2, 0) is 27.9 Å². The lowest BCUT2D eigenvalue weighted by Gasteiger charge is -2.39. The Hall–Kier alpha value is -5.33. The van der Waals surface area contributed by atoms with Crippen molar-refractivity contribution in [1.29, 1.82) is 0 Å². The van der Waals surface area contributed by atoms with E-state index in [4.69, 9.17) is 14.8 Å². The summed E-state index contributed by atoms with van der Waals surface area (Å²) < 4.78 is 39.4. The molecule has 4 saturated heterocycles. The van der Waals surface area contributed by atoms with Crippen molar-refractivity contribution >= 4 is 45.8 Å². The minimum Gasteiger partial charge on any atom is -0.374 e. The van der Waals surface area contributed by atoms with Gasteiger partial charge in [-0.3, -0.25) is 34.0 Å². The largest absolute Gasteiger partial charge is 0.374 e. The van der Waals surface area contributed by atoms with Crippen LogP contribution in [0.1, 0.15) is 103 Å². The fraction of sp³-hybridized carbons (Fsp3) is 0.558. The fourth-order valence-corrected chi connectivity index (χ4v) is 10.6. The van der Waals surface area contributed by atoms with Crippen molar-refractivity contribution in [2.75, 3.05) is 50.1 Å². The van der Waals surface area contributed by atoms with Gasteiger partial charge in [-0.25, -0.2) is 18.3 Å². The number of nitrogens with one attached hydrogen (secondary N) is 2. The Labute approximate surface area is 351 Å². The number of morpholine rings is 1. The van der Waals surface area contributed by atoms with Crippen molar-refractivity contribution < 1.29 is 27.9 Å². The molecule has 1 aromatic carbocycles. The molecular formula is C43H52F2N12O4. The van der Waals surface area contributed by atoms with E-state index in [0.717, 1.165) is 100 Å². The van der Waals surface area contributed by atoms with Crippen LogP contribution < -0.4 is 15.5 Å². The summed E-state index contributed by atoms with van der Waals surface area (Å²) in [6.07, 6.45) is 9.53. The summed E-state index contributed by atoms with van der Waals surface area (Å²) in [5.41, 5.74) is 3.09. The predicted octanol–water partition coefficient (Wildman–Crippen LogP) is 4.83. The van der Waals surface area contributed by atoms with Gasteiger partial charge in [0.25, 0.3) is 12.3 Å². The maximum atomic E-state index is 14.3. The van der Waals surface area contributed by atoms with E-state index in [1.807, 2.05) is 29.9 Å². The maximum absolute atomic E-state index is 14.3. The second-order valence-corrected chi connectivity index (χ2v) is 17.7. The quantitative estimate of drug-likeness (QED) is 0.176. The molecule has 3 atom stereocenters. The zero-order chi connectivity index (χ0) is 41.9. The molecule has 2 bridgehead atoms. The number of likely N-dealkylation sites (tertiary alicyclic amines) is 1. The average Bonchev–Trinajstić information content (AvgIpc) is 4.11. The lowest BCUT2D eigenvalue weighted by molar-refractivity contribution is -0.134. The van der Waals surface area contributed by atoms with Crippen molar-refractivity contribution in [3.05, 3.63) is 65.4 Å². The number of rotatable bonds is 11. The maximum Gasteiger partial charge on any atom is 0.284 e. The molecule has 2 N–H and O–H groups in total. The van der Waals surface area contributed by atoms with E-state index in [1.54, 1.807) is 17.1 Å². The first-order chi connectivity index (χ1) is 29.6. The zero-order valence-corrected chi connectivity index (χ0v) is 34.6. The van der Waals surface area contributed by atoms with Gasteiger partial charge in [0.05, 0.1) is 53.8 Å². The van der Waals surface area contributed by atoms with Gasteiger partial charge in [0.15, 0.2) is 11.3 Å². The van der Waals surface area contributed by atoms with Gasteiger partial charge in [0, 0.05) is 56.9 Å². The molecule has 4 aromatic heterocycles. The first-order valence-electron chi connectivity index (χ1n) is 21.7. The number of nitrogens with zero attached hydrogens (tertiary/aromatic N) is 10. The minimum absolute atomic E-state index is 0.00619. The second-order valence-electron chi connectivity index (χ2n) is 17.7. The number of para-hydroxylation sites is 1. The number of anilines is 2. The first kappa shape index (κ1) is 39.8. The summed E-state index contributed by atoms with van der Waals surface area (Å²) in [6, 6.07) is 8.78. The van der Waals surface area contributed by atoms with Crippen LogP contribution in [0.3, 0.4) is 0 Å². The molecule has 5 aliphatic rings. The molecule has 3 amide bonds. The number of aryl methyl sites for hydroxylation is 1. The average molecular weight is 839 g/mol. The Kier molecular flexibility index (Phi) is 10.5. The van der Waals surface area contributed by atoms with Crippen molar-refractivity contribution in [3.8, 4) is 0 Å². The van der Waals surface area contributed by atoms with E-state index in [-0.39, 0.29) is 41.3 Å². The monoisotopic (exact) mass is 838 g/mol. The zero-order valence-electron chi connectivity index (χ0n) is 34.6. The lowest BCUT2D eigenvalue weighted by atomic mass is 9.85. The summed E-state index contributed by atoms with van der Waals surface area (Å²) in [5.74, 6) is -0.245. The van der Waals surface area contributed by atoms with Crippen LogP contribution in [0.5, 0.6) is 0 Å². The molecule has 18 heteroatoms. The Balaban J connectivity index is 0.723. The van der Waals surface area contributed by atoms with Gasteiger partial charge in [-0.15, -0.1) is 0 Å². The molecule has 1 aliphatic carbocycles. The van der Waals surface area contributed by atoms with Crippen LogP contribution in [0.4, 0.5) is 20.3 Å². The van der Waals surface area contributed by atoms with E-state index in [9.17, 15) is 23.2 Å². The summed E-state index contributed by atoms with van der Waals surface area (Å²) in [6.45, 7) is 5.13. The smallest absolute Gasteiger partial charge is 0.284 e. The Morgan fingerprint density at radius 3 is 2.61 bits per heavy atom. The number of carbonyl (C=O) groups is 3. The minimum atomic E-state index is -2.85. The number of aromatic nitrogens is 7. The van der Waals surface area contributed by atoms with Gasteiger partial charge in [-0.2, -0.15) is 15.3 Å². The van der Waals surface area contributed by atoms with Crippen LogP contribution in [0.25, 0.3) is 16.6 Å². The normalized spacial score (nSPS) is 25.1. The SMILES string of the molecule is CN(C[C@H]1CC[C@H](n2cc(NC(=O)c3cnn4ccc(N5C[C@H]6C[C@@H]5CO6)nc34)c(C(F)F)n2)CC1)C1CCN(Cc2cccc3c(C4CCC(=O)NC4=O)nn(C)c23)CC1. The van der Waals surface area contributed by atoms with Crippen LogP contribution in [0.2, 0.25) is 0 Å². The van der Waals surface area contributed by atoms with E-state index in [1.165, 1.54) is 16.3 Å². The highest BCUT2D eigenvalue weighted by atomic mass is 19.3.